The first-order valence-electron chi connectivity index (χ1n) is 8.19. The topological polar surface area (TPSA) is 45.2 Å². The van der Waals surface area contributed by atoms with E-state index in [1.807, 2.05) is 18.2 Å². The first-order chi connectivity index (χ1) is 11.9. The van der Waals surface area contributed by atoms with Gasteiger partial charge in [-0.05, 0) is 24.6 Å². The van der Waals surface area contributed by atoms with Gasteiger partial charge in [-0.25, -0.2) is 9.97 Å². The maximum Gasteiger partial charge on any atom is 0.433 e. The van der Waals surface area contributed by atoms with Gasteiger partial charge in [-0.3, -0.25) is 4.98 Å². The van der Waals surface area contributed by atoms with Crippen molar-refractivity contribution in [3.05, 3.63) is 48.0 Å². The van der Waals surface area contributed by atoms with Crippen molar-refractivity contribution in [2.24, 2.45) is 0 Å². The van der Waals surface area contributed by atoms with Crippen molar-refractivity contribution in [3.63, 3.8) is 0 Å². The number of aromatic nitrogens is 3. The van der Waals surface area contributed by atoms with Crippen LogP contribution in [0, 0.1) is 0 Å². The van der Waals surface area contributed by atoms with E-state index in [0.29, 0.717) is 0 Å². The van der Waals surface area contributed by atoms with Crippen molar-refractivity contribution in [3.8, 4) is 0 Å². The summed E-state index contributed by atoms with van der Waals surface area (Å²) in [5.74, 6) is 0.117. The van der Waals surface area contributed by atoms with Crippen molar-refractivity contribution in [2.75, 3.05) is 31.6 Å². The summed E-state index contributed by atoms with van der Waals surface area (Å²) < 4.78 is 38.4. The molecule has 0 bridgehead atoms. The Morgan fingerprint density at radius 1 is 1.20 bits per heavy atom. The number of likely N-dealkylation sites (N-methyl/N-ethyl adjacent to an activating group) is 1. The highest BCUT2D eigenvalue weighted by molar-refractivity contribution is 5.32. The van der Waals surface area contributed by atoms with Gasteiger partial charge in [0.15, 0.2) is 0 Å². The highest BCUT2D eigenvalue weighted by Crippen LogP contribution is 2.28. The molecule has 0 aromatic carbocycles. The molecular formula is C17H20F3N5. The number of alkyl halides is 3. The zero-order valence-electron chi connectivity index (χ0n) is 13.9. The predicted octanol–water partition coefficient (Wildman–Crippen LogP) is 2.64. The van der Waals surface area contributed by atoms with E-state index in [2.05, 4.69) is 19.9 Å². The summed E-state index contributed by atoms with van der Waals surface area (Å²) in [6, 6.07) is 6.85. The van der Waals surface area contributed by atoms with Crippen molar-refractivity contribution < 1.29 is 13.2 Å². The Kier molecular flexibility index (Phi) is 5.17. The van der Waals surface area contributed by atoms with Gasteiger partial charge in [-0.1, -0.05) is 6.07 Å². The van der Waals surface area contributed by atoms with Crippen LogP contribution in [0.25, 0.3) is 0 Å². The number of halogens is 3. The minimum atomic E-state index is -4.46. The van der Waals surface area contributed by atoms with Gasteiger partial charge in [0.2, 0.25) is 5.95 Å². The minimum Gasteiger partial charge on any atom is -0.340 e. The maximum absolute atomic E-state index is 12.8. The third-order valence-electron chi connectivity index (χ3n) is 4.45. The molecule has 1 unspecified atom stereocenters. The zero-order valence-corrected chi connectivity index (χ0v) is 13.9. The van der Waals surface area contributed by atoms with Gasteiger partial charge in [0.05, 0.1) is 0 Å². The second-order valence-electron chi connectivity index (χ2n) is 6.16. The van der Waals surface area contributed by atoms with Crippen LogP contribution >= 0.6 is 0 Å². The Morgan fingerprint density at radius 2 is 2.04 bits per heavy atom. The number of rotatable bonds is 5. The minimum absolute atomic E-state index is 0.104. The zero-order chi connectivity index (χ0) is 17.9. The molecule has 1 aliphatic rings. The lowest BCUT2D eigenvalue weighted by Crippen LogP contribution is -2.36. The van der Waals surface area contributed by atoms with Crippen LogP contribution in [0.15, 0.2) is 36.7 Å². The Hall–Kier alpha value is -2.22. The third-order valence-corrected chi connectivity index (χ3v) is 4.45. The van der Waals surface area contributed by atoms with Crippen LogP contribution in [0.5, 0.6) is 0 Å². The first-order valence-corrected chi connectivity index (χ1v) is 8.19. The molecule has 3 heterocycles. The molecule has 0 radical (unpaired) electrons. The van der Waals surface area contributed by atoms with E-state index in [0.717, 1.165) is 50.4 Å². The van der Waals surface area contributed by atoms with Crippen LogP contribution in [0.2, 0.25) is 0 Å². The Bertz CT molecular complexity index is 692. The van der Waals surface area contributed by atoms with Crippen LogP contribution in [0.1, 0.15) is 17.8 Å². The number of nitrogens with zero attached hydrogens (tertiary/aromatic N) is 5. The maximum atomic E-state index is 12.8. The summed E-state index contributed by atoms with van der Waals surface area (Å²) in [6.45, 7) is 2.56. The Labute approximate surface area is 144 Å². The average molecular weight is 351 g/mol. The van der Waals surface area contributed by atoms with Gasteiger partial charge in [-0.2, -0.15) is 13.2 Å². The van der Waals surface area contributed by atoms with E-state index in [1.54, 1.807) is 18.1 Å². The van der Waals surface area contributed by atoms with Gasteiger partial charge in [0.25, 0.3) is 0 Å². The quantitative estimate of drug-likeness (QED) is 0.829. The Balaban J connectivity index is 1.58. The van der Waals surface area contributed by atoms with Crippen LogP contribution in [0.4, 0.5) is 19.1 Å². The molecule has 0 aliphatic carbocycles. The number of pyridine rings is 1. The van der Waals surface area contributed by atoms with Crippen LogP contribution in [-0.4, -0.2) is 52.6 Å². The lowest BCUT2D eigenvalue weighted by atomic mass is 10.2. The highest BCUT2D eigenvalue weighted by atomic mass is 19.4. The fourth-order valence-corrected chi connectivity index (χ4v) is 2.99. The fourth-order valence-electron chi connectivity index (χ4n) is 2.99. The van der Waals surface area contributed by atoms with Gasteiger partial charge in [-0.15, -0.1) is 0 Å². The monoisotopic (exact) mass is 351 g/mol. The van der Waals surface area contributed by atoms with Crippen LogP contribution in [0.3, 0.4) is 0 Å². The second kappa shape index (κ2) is 7.35. The highest BCUT2D eigenvalue weighted by Gasteiger charge is 2.34. The summed E-state index contributed by atoms with van der Waals surface area (Å²) in [5, 5.41) is 0. The van der Waals surface area contributed by atoms with Crippen LogP contribution < -0.4 is 4.90 Å². The molecule has 2 aromatic heterocycles. The van der Waals surface area contributed by atoms with Gasteiger partial charge >= 0.3 is 6.18 Å². The molecule has 3 rings (SSSR count). The molecule has 0 saturated carbocycles. The molecule has 8 heteroatoms. The summed E-state index contributed by atoms with van der Waals surface area (Å²) >= 11 is 0. The first kappa shape index (κ1) is 17.6. The summed E-state index contributed by atoms with van der Waals surface area (Å²) in [4.78, 5) is 16.0. The average Bonchev–Trinajstić information content (AvgIpc) is 3.08. The summed E-state index contributed by atoms with van der Waals surface area (Å²) in [6.07, 6.45) is 0.217. The number of likely N-dealkylation sites (tertiary alicyclic amines) is 1. The standard InChI is InChI=1S/C17H20F3N5/c1-24(16-22-9-5-15(23-16)17(18,19)20)14-7-11-25(12-14)10-6-13-4-2-3-8-21-13/h2-5,8-9,14H,6-7,10-12H2,1H3. The number of hydrogen-bond donors (Lipinski definition) is 0. The van der Waals surface area contributed by atoms with Crippen LogP contribution in [-0.2, 0) is 12.6 Å². The van der Waals surface area contributed by atoms with Gasteiger partial charge < -0.3 is 9.80 Å². The fraction of sp³-hybridized carbons (Fsp3) is 0.471. The van der Waals surface area contributed by atoms with E-state index in [4.69, 9.17) is 0 Å². The van der Waals surface area contributed by atoms with Gasteiger partial charge in [0, 0.05) is 57.2 Å². The van der Waals surface area contributed by atoms with Crippen molar-refractivity contribution in [1.29, 1.82) is 0 Å². The predicted molar refractivity (Wildman–Crippen MR) is 88.2 cm³/mol. The molecule has 5 nitrogen and oxygen atoms in total. The molecule has 134 valence electrons. The van der Waals surface area contributed by atoms with Crippen molar-refractivity contribution >= 4 is 5.95 Å². The molecule has 0 N–H and O–H groups in total. The smallest absolute Gasteiger partial charge is 0.340 e. The molecular weight excluding hydrogens is 331 g/mol. The van der Waals surface area contributed by atoms with E-state index in [1.165, 1.54) is 0 Å². The largest absolute Gasteiger partial charge is 0.433 e. The molecule has 2 aromatic rings. The lowest BCUT2D eigenvalue weighted by Gasteiger charge is -2.25. The number of anilines is 1. The SMILES string of the molecule is CN(c1nccc(C(F)(F)F)n1)C1CCN(CCc2ccccn2)C1. The molecule has 0 amide bonds. The molecule has 1 fully saturated rings. The van der Waals surface area contributed by atoms with Crippen molar-refractivity contribution in [1.82, 2.24) is 19.9 Å². The van der Waals surface area contributed by atoms with E-state index in [9.17, 15) is 13.2 Å². The second-order valence-corrected chi connectivity index (χ2v) is 6.16. The normalized spacial score (nSPS) is 18.5. The van der Waals surface area contributed by atoms with E-state index in [-0.39, 0.29) is 12.0 Å². The summed E-state index contributed by atoms with van der Waals surface area (Å²) in [5.41, 5.74) is 0.134. The lowest BCUT2D eigenvalue weighted by molar-refractivity contribution is -0.141. The third kappa shape index (κ3) is 4.45. The van der Waals surface area contributed by atoms with Crippen molar-refractivity contribution in [2.45, 2.75) is 25.1 Å². The summed E-state index contributed by atoms with van der Waals surface area (Å²) in [7, 11) is 1.75. The molecule has 0 spiro atoms. The molecule has 1 atom stereocenters. The molecule has 25 heavy (non-hydrogen) atoms. The molecule has 1 aliphatic heterocycles. The van der Waals surface area contributed by atoms with E-state index < -0.39 is 11.9 Å². The Morgan fingerprint density at radius 3 is 2.76 bits per heavy atom. The molecule has 1 saturated heterocycles. The van der Waals surface area contributed by atoms with Gasteiger partial charge in [0.1, 0.15) is 5.69 Å². The number of hydrogen-bond acceptors (Lipinski definition) is 5. The van der Waals surface area contributed by atoms with E-state index >= 15 is 0 Å².